The molecular weight excluding hydrogens is 731 g/mol. The van der Waals surface area contributed by atoms with Crippen molar-refractivity contribution in [2.45, 2.75) is 129 Å². The van der Waals surface area contributed by atoms with Crippen LogP contribution < -0.4 is 21.3 Å². The molecule has 308 valence electrons. The maximum atomic E-state index is 14.7. The third-order valence-corrected chi connectivity index (χ3v) is 11.6. The van der Waals surface area contributed by atoms with Crippen LogP contribution in [0.5, 0.6) is 0 Å². The highest BCUT2D eigenvalue weighted by Gasteiger charge is 2.52. The number of carbonyl (C=O) groups is 7. The van der Waals surface area contributed by atoms with Crippen molar-refractivity contribution in [3.63, 3.8) is 0 Å². The molecule has 0 radical (unpaired) electrons. The molecule has 0 spiro atoms. The third-order valence-electron chi connectivity index (χ3n) is 11.6. The van der Waals surface area contributed by atoms with Gasteiger partial charge in [0, 0.05) is 25.4 Å². The SMILES string of the molecule is CCCC(NC(=O)[C@@H]1[C@H]2CCC[C@H]2CN1C(=O)[C@@H](NC(=O)[C@@H](NC(=O)c1cnccn1)C1CCCCC1)C(C)(C)C)C(=O)C(=O)N[C@@H](Cc1ccccc1)C(=O)O. The summed E-state index contributed by atoms with van der Waals surface area (Å²) >= 11 is 0. The minimum atomic E-state index is -1.37. The van der Waals surface area contributed by atoms with Crippen LogP contribution >= 0.6 is 0 Å². The molecule has 5 rings (SSSR count). The van der Waals surface area contributed by atoms with E-state index >= 15 is 0 Å². The van der Waals surface area contributed by atoms with E-state index < -0.39 is 76.9 Å². The number of hydrogen-bond donors (Lipinski definition) is 5. The molecule has 57 heavy (non-hydrogen) atoms. The van der Waals surface area contributed by atoms with Gasteiger partial charge >= 0.3 is 5.97 Å². The number of hydrogen-bond acceptors (Lipinski definition) is 9. The minimum absolute atomic E-state index is 0.0280. The van der Waals surface area contributed by atoms with E-state index in [-0.39, 0.29) is 42.8 Å². The molecule has 15 heteroatoms. The number of ketones is 1. The van der Waals surface area contributed by atoms with Crippen LogP contribution in [-0.2, 0) is 35.2 Å². The van der Waals surface area contributed by atoms with Crippen LogP contribution in [0, 0.1) is 23.2 Å². The zero-order valence-electron chi connectivity index (χ0n) is 33.4. The smallest absolute Gasteiger partial charge is 0.326 e. The van der Waals surface area contributed by atoms with Gasteiger partial charge in [0.25, 0.3) is 11.8 Å². The van der Waals surface area contributed by atoms with E-state index in [1.165, 1.54) is 23.5 Å². The van der Waals surface area contributed by atoms with Gasteiger partial charge in [-0.05, 0) is 60.8 Å². The lowest BCUT2D eigenvalue weighted by Gasteiger charge is -2.38. The average Bonchev–Trinajstić information content (AvgIpc) is 3.80. The average molecular weight is 788 g/mol. The number of likely N-dealkylation sites (tertiary alicyclic amines) is 1. The number of carbonyl (C=O) groups excluding carboxylic acids is 6. The molecule has 1 aliphatic heterocycles. The molecular formula is C42H57N7O8. The normalized spacial score (nSPS) is 21.6. The van der Waals surface area contributed by atoms with Crippen LogP contribution in [0.2, 0.25) is 0 Å². The zero-order valence-corrected chi connectivity index (χ0v) is 33.4. The molecule has 2 saturated carbocycles. The fourth-order valence-electron chi connectivity index (χ4n) is 8.66. The highest BCUT2D eigenvalue weighted by atomic mass is 16.4. The summed E-state index contributed by atoms with van der Waals surface area (Å²) in [7, 11) is 0. The second-order valence-corrected chi connectivity index (χ2v) is 16.8. The Labute approximate surface area is 333 Å². The molecule has 2 heterocycles. The first kappa shape index (κ1) is 42.9. The monoisotopic (exact) mass is 787 g/mol. The van der Waals surface area contributed by atoms with Crippen molar-refractivity contribution in [2.75, 3.05) is 6.54 Å². The van der Waals surface area contributed by atoms with E-state index in [2.05, 4.69) is 31.2 Å². The van der Waals surface area contributed by atoms with Gasteiger partial charge in [0.05, 0.1) is 12.2 Å². The van der Waals surface area contributed by atoms with Gasteiger partial charge in [-0.25, -0.2) is 9.78 Å². The van der Waals surface area contributed by atoms with Crippen LogP contribution in [-0.4, -0.2) is 98.0 Å². The highest BCUT2D eigenvalue weighted by Crippen LogP contribution is 2.43. The first-order valence-electron chi connectivity index (χ1n) is 20.3. The number of fused-ring (bicyclic) bond motifs is 1. The predicted octanol–water partition coefficient (Wildman–Crippen LogP) is 2.98. The van der Waals surface area contributed by atoms with E-state index in [1.807, 2.05) is 20.8 Å². The van der Waals surface area contributed by atoms with Crippen molar-refractivity contribution in [2.24, 2.45) is 23.2 Å². The molecule has 3 aliphatic rings. The van der Waals surface area contributed by atoms with Gasteiger partial charge in [-0.15, -0.1) is 0 Å². The molecule has 15 nitrogen and oxygen atoms in total. The number of aliphatic carboxylic acids is 1. The van der Waals surface area contributed by atoms with Crippen LogP contribution in [0.25, 0.3) is 0 Å². The van der Waals surface area contributed by atoms with Gasteiger partial charge in [-0.3, -0.25) is 33.8 Å². The standard InChI is InChI=1S/C42H57N7O8/c1-5-13-29(34(50)39(54)46-30(41(56)57)22-25-14-8-6-9-15-25)45-38(53)33-28-19-12-18-27(28)24-49(33)40(55)35(42(2,3)4)48-37(52)32(26-16-10-7-11-17-26)47-36(51)31-23-43-20-21-44-31/h6,8-9,14-15,20-21,23,26-30,32-33,35H,5,7,10-13,16-19,22,24H2,1-4H3,(H,45,53)(H,46,54)(H,47,51)(H,48,52)(H,56,57)/t27-,28-,29?,30-,32-,33-,35+/m0/s1. The largest absolute Gasteiger partial charge is 0.480 e. The summed E-state index contributed by atoms with van der Waals surface area (Å²) in [5, 5.41) is 20.8. The van der Waals surface area contributed by atoms with Crippen molar-refractivity contribution < 1.29 is 38.7 Å². The van der Waals surface area contributed by atoms with Gasteiger partial charge in [0.15, 0.2) is 0 Å². The molecule has 1 aromatic carbocycles. The second kappa shape index (κ2) is 19.3. The second-order valence-electron chi connectivity index (χ2n) is 16.8. The number of nitrogens with one attached hydrogen (secondary N) is 4. The Morgan fingerprint density at radius 3 is 2.21 bits per heavy atom. The first-order valence-corrected chi connectivity index (χ1v) is 20.3. The zero-order chi connectivity index (χ0) is 41.3. The lowest BCUT2D eigenvalue weighted by Crippen LogP contribution is -2.62. The fourth-order valence-corrected chi connectivity index (χ4v) is 8.66. The lowest BCUT2D eigenvalue weighted by atomic mass is 9.82. The number of benzene rings is 1. The topological polar surface area (TPSA) is 217 Å². The number of nitrogens with zero attached hydrogens (tertiary/aromatic N) is 3. The summed E-state index contributed by atoms with van der Waals surface area (Å²) in [5.41, 5.74) is -0.0797. The molecule has 1 saturated heterocycles. The number of carboxylic acids is 1. The highest BCUT2D eigenvalue weighted by molar-refractivity contribution is 6.38. The summed E-state index contributed by atoms with van der Waals surface area (Å²) < 4.78 is 0. The van der Waals surface area contributed by atoms with Gasteiger partial charge in [0.2, 0.25) is 23.5 Å². The predicted molar refractivity (Wildman–Crippen MR) is 209 cm³/mol. The number of rotatable bonds is 16. The van der Waals surface area contributed by atoms with E-state index in [4.69, 9.17) is 0 Å². The van der Waals surface area contributed by atoms with E-state index in [0.717, 1.165) is 44.9 Å². The summed E-state index contributed by atoms with van der Waals surface area (Å²) in [6, 6.07) is 3.12. The van der Waals surface area contributed by atoms with Crippen LogP contribution in [0.1, 0.15) is 108 Å². The van der Waals surface area contributed by atoms with Crippen LogP contribution in [0.15, 0.2) is 48.9 Å². The van der Waals surface area contributed by atoms with Crippen LogP contribution in [0.4, 0.5) is 0 Å². The Balaban J connectivity index is 1.34. The fraction of sp³-hybridized carbons (Fsp3) is 0.595. The Hall–Kier alpha value is -5.21. The molecule has 2 aromatic rings. The number of Topliss-reactive ketones (excluding diaryl/α,β-unsaturated/α-hetero) is 1. The maximum absolute atomic E-state index is 14.7. The van der Waals surface area contributed by atoms with E-state index in [0.29, 0.717) is 18.4 Å². The molecule has 2 aliphatic carbocycles. The van der Waals surface area contributed by atoms with Crippen molar-refractivity contribution >= 4 is 41.3 Å². The number of amides is 5. The van der Waals surface area contributed by atoms with E-state index in [1.54, 1.807) is 37.3 Å². The van der Waals surface area contributed by atoms with Crippen molar-refractivity contribution in [3.8, 4) is 0 Å². The van der Waals surface area contributed by atoms with Crippen molar-refractivity contribution in [1.82, 2.24) is 36.1 Å². The Morgan fingerprint density at radius 2 is 1.58 bits per heavy atom. The Kier molecular flexibility index (Phi) is 14.5. The van der Waals surface area contributed by atoms with Crippen molar-refractivity contribution in [3.05, 3.63) is 60.2 Å². The van der Waals surface area contributed by atoms with Gasteiger partial charge < -0.3 is 31.3 Å². The molecule has 1 unspecified atom stereocenters. The summed E-state index contributed by atoms with van der Waals surface area (Å²) in [6.45, 7) is 7.56. The minimum Gasteiger partial charge on any atom is -0.480 e. The molecule has 1 aromatic heterocycles. The summed E-state index contributed by atoms with van der Waals surface area (Å²) in [5.74, 6) is -5.79. The van der Waals surface area contributed by atoms with Gasteiger partial charge in [0.1, 0.15) is 29.9 Å². The van der Waals surface area contributed by atoms with E-state index in [9.17, 15) is 38.7 Å². The lowest BCUT2D eigenvalue weighted by molar-refractivity contribution is -0.147. The third kappa shape index (κ3) is 10.8. The Morgan fingerprint density at radius 1 is 0.860 bits per heavy atom. The number of aromatic nitrogens is 2. The quantitative estimate of drug-likeness (QED) is 0.157. The molecule has 7 atom stereocenters. The molecule has 3 fully saturated rings. The van der Waals surface area contributed by atoms with Crippen LogP contribution in [0.3, 0.4) is 0 Å². The Bertz CT molecular complexity index is 1760. The van der Waals surface area contributed by atoms with Crippen molar-refractivity contribution in [1.29, 1.82) is 0 Å². The maximum Gasteiger partial charge on any atom is 0.326 e. The molecule has 5 amide bonds. The molecule has 0 bridgehead atoms. The summed E-state index contributed by atoms with van der Waals surface area (Å²) in [4.78, 5) is 105. The van der Waals surface area contributed by atoms with Gasteiger partial charge in [-0.2, -0.15) is 0 Å². The molecule has 5 N–H and O–H groups in total. The number of carboxylic acid groups (broad SMARTS) is 1. The summed E-state index contributed by atoms with van der Waals surface area (Å²) in [6.07, 6.45) is 11.3. The first-order chi connectivity index (χ1) is 27.2. The van der Waals surface area contributed by atoms with Gasteiger partial charge in [-0.1, -0.05) is 90.1 Å².